The van der Waals surface area contributed by atoms with Crippen LogP contribution in [0.1, 0.15) is 40.5 Å². The summed E-state index contributed by atoms with van der Waals surface area (Å²) in [6.07, 6.45) is 0.689. The van der Waals surface area contributed by atoms with Gasteiger partial charge < -0.3 is 18.0 Å². The van der Waals surface area contributed by atoms with Crippen molar-refractivity contribution in [1.29, 1.82) is 0 Å². The Labute approximate surface area is 159 Å². The summed E-state index contributed by atoms with van der Waals surface area (Å²) < 4.78 is 22.5. The third kappa shape index (κ3) is 6.63. The maximum Gasteiger partial charge on any atom is 0.502 e. The van der Waals surface area contributed by atoms with Gasteiger partial charge in [0.1, 0.15) is 6.61 Å². The zero-order valence-corrected chi connectivity index (χ0v) is 18.2. The van der Waals surface area contributed by atoms with Gasteiger partial charge in [-0.2, -0.15) is 0 Å². The Morgan fingerprint density at radius 3 is 2.16 bits per heavy atom. The Bertz CT molecular complexity index is 422. The molecule has 0 aromatic carbocycles. The van der Waals surface area contributed by atoms with Crippen LogP contribution in [0.2, 0.25) is 6.04 Å². The van der Waals surface area contributed by atoms with E-state index in [1.54, 1.807) is 0 Å². The largest absolute Gasteiger partial charge is 0.502 e. The van der Waals surface area contributed by atoms with Crippen molar-refractivity contribution in [2.24, 2.45) is 5.92 Å². The maximum absolute atomic E-state index is 12.6. The van der Waals surface area contributed by atoms with Crippen LogP contribution >= 0.6 is 15.9 Å². The van der Waals surface area contributed by atoms with Crippen LogP contribution in [0.15, 0.2) is 0 Å². The van der Waals surface area contributed by atoms with Crippen molar-refractivity contribution >= 4 is 36.7 Å². The molecule has 0 aromatic heterocycles. The molecule has 1 fully saturated rings. The molecule has 2 amide bonds. The smallest absolute Gasteiger partial charge is 0.447 e. The monoisotopic (exact) mass is 439 g/mol. The van der Waals surface area contributed by atoms with Gasteiger partial charge in [-0.3, -0.25) is 4.79 Å². The molecule has 1 saturated heterocycles. The molecule has 1 unspecified atom stereocenters. The maximum atomic E-state index is 12.6. The van der Waals surface area contributed by atoms with Gasteiger partial charge in [0.05, 0.1) is 6.54 Å². The summed E-state index contributed by atoms with van der Waals surface area (Å²) in [5.41, 5.74) is 0. The Morgan fingerprint density at radius 2 is 1.76 bits per heavy atom. The standard InChI is InChI=1S/C16H30BrNO6Si/c1-5-13(15(19)18-9-10-21-16(18)20)11-14(17)12-25(22-6-2,23-7-3)24-8-4/h13-14H,5-12H2,1-4H3/t13-,14?/m1/s1. The van der Waals surface area contributed by atoms with E-state index in [9.17, 15) is 9.59 Å². The van der Waals surface area contributed by atoms with E-state index in [1.807, 2.05) is 27.7 Å². The van der Waals surface area contributed by atoms with E-state index in [0.717, 1.165) is 0 Å². The first-order valence-corrected chi connectivity index (χ1v) is 11.8. The van der Waals surface area contributed by atoms with E-state index in [1.165, 1.54) is 4.90 Å². The minimum absolute atomic E-state index is 0.00339. The highest BCUT2D eigenvalue weighted by atomic mass is 79.9. The topological polar surface area (TPSA) is 74.3 Å². The average Bonchev–Trinajstić information content (AvgIpc) is 2.98. The summed E-state index contributed by atoms with van der Waals surface area (Å²) in [6, 6.07) is 0.580. The number of carbonyl (C=O) groups excluding carboxylic acids is 2. The fourth-order valence-corrected chi connectivity index (χ4v) is 7.15. The van der Waals surface area contributed by atoms with E-state index in [2.05, 4.69) is 15.9 Å². The van der Waals surface area contributed by atoms with Gasteiger partial charge in [0, 0.05) is 36.6 Å². The number of hydrogen-bond acceptors (Lipinski definition) is 6. The Kier molecular flexibility index (Phi) is 10.2. The van der Waals surface area contributed by atoms with Gasteiger partial charge in [0.15, 0.2) is 0 Å². The van der Waals surface area contributed by atoms with Crippen molar-refractivity contribution in [3.8, 4) is 0 Å². The van der Waals surface area contributed by atoms with Crippen LogP contribution in [0.25, 0.3) is 0 Å². The number of hydrogen-bond donors (Lipinski definition) is 0. The average molecular weight is 440 g/mol. The molecule has 1 aliphatic rings. The molecule has 0 radical (unpaired) electrons. The molecule has 146 valence electrons. The van der Waals surface area contributed by atoms with Crippen LogP contribution < -0.4 is 0 Å². The first kappa shape index (κ1) is 22.6. The first-order valence-electron chi connectivity index (χ1n) is 8.96. The minimum Gasteiger partial charge on any atom is -0.447 e. The quantitative estimate of drug-likeness (QED) is 0.343. The summed E-state index contributed by atoms with van der Waals surface area (Å²) in [4.78, 5) is 25.4. The summed E-state index contributed by atoms with van der Waals surface area (Å²) in [6.45, 7) is 9.85. The van der Waals surface area contributed by atoms with Crippen LogP contribution in [0.5, 0.6) is 0 Å². The Balaban J connectivity index is 2.73. The third-order valence-electron chi connectivity index (χ3n) is 3.97. The van der Waals surface area contributed by atoms with Crippen LogP contribution in [0, 0.1) is 5.92 Å². The molecule has 0 N–H and O–H groups in total. The lowest BCUT2D eigenvalue weighted by Crippen LogP contribution is -2.48. The Morgan fingerprint density at radius 1 is 1.20 bits per heavy atom. The molecule has 0 saturated carbocycles. The van der Waals surface area contributed by atoms with Crippen molar-refractivity contribution in [3.63, 3.8) is 0 Å². The molecule has 25 heavy (non-hydrogen) atoms. The number of halogens is 1. The van der Waals surface area contributed by atoms with Gasteiger partial charge in [-0.05, 0) is 33.6 Å². The lowest BCUT2D eigenvalue weighted by Gasteiger charge is -2.31. The molecule has 9 heteroatoms. The van der Waals surface area contributed by atoms with Gasteiger partial charge >= 0.3 is 14.9 Å². The highest BCUT2D eigenvalue weighted by Crippen LogP contribution is 2.29. The molecule has 0 aliphatic carbocycles. The minimum atomic E-state index is -2.78. The van der Waals surface area contributed by atoms with Crippen LogP contribution in [0.3, 0.4) is 0 Å². The molecule has 1 rings (SSSR count). The summed E-state index contributed by atoms with van der Waals surface area (Å²) in [5.74, 6) is -0.433. The summed E-state index contributed by atoms with van der Waals surface area (Å²) >= 11 is 3.67. The van der Waals surface area contributed by atoms with E-state index >= 15 is 0 Å². The van der Waals surface area contributed by atoms with Crippen molar-refractivity contribution in [2.45, 2.75) is 51.4 Å². The molecule has 1 heterocycles. The highest BCUT2D eigenvalue weighted by Gasteiger charge is 2.43. The molecule has 0 bridgehead atoms. The second-order valence-corrected chi connectivity index (χ2v) is 9.66. The van der Waals surface area contributed by atoms with E-state index in [4.69, 9.17) is 18.0 Å². The molecule has 1 aliphatic heterocycles. The molecular formula is C16H30BrNO6Si. The molecule has 2 atom stereocenters. The fraction of sp³-hybridized carbons (Fsp3) is 0.875. The number of rotatable bonds is 12. The molecule has 7 nitrogen and oxygen atoms in total. The predicted octanol–water partition coefficient (Wildman–Crippen LogP) is 3.19. The molecular weight excluding hydrogens is 410 g/mol. The van der Waals surface area contributed by atoms with E-state index < -0.39 is 14.9 Å². The number of amides is 2. The first-order chi connectivity index (χ1) is 11.9. The number of carbonyl (C=O) groups is 2. The second kappa shape index (κ2) is 11.3. The van der Waals surface area contributed by atoms with Crippen molar-refractivity contribution in [1.82, 2.24) is 4.90 Å². The van der Waals surface area contributed by atoms with Crippen molar-refractivity contribution in [3.05, 3.63) is 0 Å². The second-order valence-electron chi connectivity index (χ2n) is 5.73. The summed E-state index contributed by atoms with van der Waals surface area (Å²) in [5, 5.41) is 0. The lowest BCUT2D eigenvalue weighted by molar-refractivity contribution is -0.132. The SMILES string of the molecule is CCO[Si](CC(Br)C[C@@H](CC)C(=O)N1CCOC1=O)(OCC)OCC. The van der Waals surface area contributed by atoms with Gasteiger partial charge in [0.2, 0.25) is 5.91 Å². The molecule has 0 aromatic rings. The number of cyclic esters (lactones) is 1. The van der Waals surface area contributed by atoms with Gasteiger partial charge in [-0.25, -0.2) is 9.69 Å². The van der Waals surface area contributed by atoms with E-state index in [-0.39, 0.29) is 23.3 Å². The van der Waals surface area contributed by atoms with Crippen molar-refractivity contribution in [2.75, 3.05) is 33.0 Å². The third-order valence-corrected chi connectivity index (χ3v) is 8.45. The van der Waals surface area contributed by atoms with Gasteiger partial charge in [-0.15, -0.1) is 0 Å². The normalized spacial score (nSPS) is 17.5. The predicted molar refractivity (Wildman–Crippen MR) is 99.6 cm³/mol. The Hall–Kier alpha value is -0.483. The summed E-state index contributed by atoms with van der Waals surface area (Å²) in [7, 11) is -2.78. The van der Waals surface area contributed by atoms with Gasteiger partial charge in [-0.1, -0.05) is 22.9 Å². The zero-order chi connectivity index (χ0) is 18.9. The van der Waals surface area contributed by atoms with Crippen LogP contribution in [-0.2, 0) is 22.8 Å². The van der Waals surface area contributed by atoms with Crippen LogP contribution in [0.4, 0.5) is 4.79 Å². The lowest BCUT2D eigenvalue weighted by atomic mass is 9.99. The van der Waals surface area contributed by atoms with Crippen LogP contribution in [-0.4, -0.2) is 63.5 Å². The van der Waals surface area contributed by atoms with Gasteiger partial charge in [0.25, 0.3) is 0 Å². The number of ether oxygens (including phenoxy) is 1. The number of nitrogens with zero attached hydrogens (tertiary/aromatic N) is 1. The van der Waals surface area contributed by atoms with E-state index in [0.29, 0.717) is 45.3 Å². The zero-order valence-electron chi connectivity index (χ0n) is 15.6. The van der Waals surface area contributed by atoms with Crippen molar-refractivity contribution < 1.29 is 27.6 Å². The fourth-order valence-electron chi connectivity index (χ4n) is 2.88. The molecule has 0 spiro atoms. The highest BCUT2D eigenvalue weighted by molar-refractivity contribution is 9.09. The number of alkyl halides is 1. The number of imide groups is 1.